The zero-order valence-electron chi connectivity index (χ0n) is 6.38. The quantitative estimate of drug-likeness (QED) is 0.672. The van der Waals surface area contributed by atoms with Crippen LogP contribution in [0.4, 0.5) is 5.82 Å². The van der Waals surface area contributed by atoms with E-state index in [1.54, 1.807) is 29.1 Å². The number of rotatable bonds is 1. The molecule has 0 radical (unpaired) electrons. The number of hydrogen-bond donors (Lipinski definition) is 1. The summed E-state index contributed by atoms with van der Waals surface area (Å²) >= 11 is 0. The molecule has 0 aromatic carbocycles. The third-order valence-corrected chi connectivity index (χ3v) is 1.55. The molecule has 0 spiro atoms. The fourth-order valence-electron chi connectivity index (χ4n) is 0.992. The molecule has 2 heterocycles. The van der Waals surface area contributed by atoms with Crippen molar-refractivity contribution < 1.29 is 0 Å². The molecule has 0 saturated heterocycles. The van der Waals surface area contributed by atoms with Gasteiger partial charge in [0.25, 0.3) is 0 Å². The highest BCUT2D eigenvalue weighted by Gasteiger charge is 1.99. The van der Waals surface area contributed by atoms with Gasteiger partial charge in [0.05, 0.1) is 0 Å². The van der Waals surface area contributed by atoms with Crippen LogP contribution in [0.15, 0.2) is 36.8 Å². The standard InChI is InChI=1S/C8H8N4/c9-7-3-1-6-12(7)8-10-4-2-5-11-8/h1-6H,9H2. The van der Waals surface area contributed by atoms with Gasteiger partial charge in [0.1, 0.15) is 5.82 Å². The molecular weight excluding hydrogens is 152 g/mol. The van der Waals surface area contributed by atoms with Gasteiger partial charge in [0.2, 0.25) is 5.95 Å². The van der Waals surface area contributed by atoms with Crippen LogP contribution < -0.4 is 5.73 Å². The summed E-state index contributed by atoms with van der Waals surface area (Å²) in [6, 6.07) is 5.42. The minimum absolute atomic E-state index is 0.597. The summed E-state index contributed by atoms with van der Waals surface area (Å²) in [6.07, 6.45) is 5.19. The van der Waals surface area contributed by atoms with Crippen LogP contribution in [0.2, 0.25) is 0 Å². The monoisotopic (exact) mass is 160 g/mol. The van der Waals surface area contributed by atoms with Gasteiger partial charge in [0.15, 0.2) is 0 Å². The number of nitrogen functional groups attached to an aromatic ring is 1. The average molecular weight is 160 g/mol. The molecule has 0 atom stereocenters. The molecule has 0 amide bonds. The number of nitrogens with zero attached hydrogens (tertiary/aromatic N) is 3. The van der Waals surface area contributed by atoms with E-state index in [0.717, 1.165) is 0 Å². The molecule has 0 fully saturated rings. The van der Waals surface area contributed by atoms with Crippen LogP contribution in [0, 0.1) is 0 Å². The van der Waals surface area contributed by atoms with E-state index in [-0.39, 0.29) is 0 Å². The molecule has 2 rings (SSSR count). The van der Waals surface area contributed by atoms with Crippen molar-refractivity contribution >= 4 is 5.82 Å². The molecule has 2 aromatic rings. The Balaban J connectivity index is 2.51. The van der Waals surface area contributed by atoms with Crippen molar-refractivity contribution in [3.8, 4) is 5.95 Å². The topological polar surface area (TPSA) is 56.7 Å². The molecule has 60 valence electrons. The molecule has 4 heteroatoms. The summed E-state index contributed by atoms with van der Waals surface area (Å²) in [5.41, 5.74) is 5.66. The smallest absolute Gasteiger partial charge is 0.235 e. The normalized spacial score (nSPS) is 10.0. The Bertz CT molecular complexity index is 366. The van der Waals surface area contributed by atoms with Crippen molar-refractivity contribution in [2.75, 3.05) is 5.73 Å². The third-order valence-electron chi connectivity index (χ3n) is 1.55. The van der Waals surface area contributed by atoms with Crippen LogP contribution in [-0.2, 0) is 0 Å². The maximum absolute atomic E-state index is 5.66. The van der Waals surface area contributed by atoms with Gasteiger partial charge in [-0.2, -0.15) is 0 Å². The highest BCUT2D eigenvalue weighted by atomic mass is 15.2. The molecule has 0 bridgehead atoms. The van der Waals surface area contributed by atoms with Crippen molar-refractivity contribution in [2.24, 2.45) is 0 Å². The maximum Gasteiger partial charge on any atom is 0.235 e. The van der Waals surface area contributed by atoms with Gasteiger partial charge in [-0.3, -0.25) is 4.57 Å². The highest BCUT2D eigenvalue weighted by molar-refractivity contribution is 5.36. The molecule has 0 aliphatic carbocycles. The first kappa shape index (κ1) is 6.84. The van der Waals surface area contributed by atoms with E-state index < -0.39 is 0 Å². The van der Waals surface area contributed by atoms with Gasteiger partial charge in [-0.05, 0) is 18.2 Å². The fourth-order valence-corrected chi connectivity index (χ4v) is 0.992. The Kier molecular flexibility index (Phi) is 1.51. The molecule has 2 N–H and O–H groups in total. The van der Waals surface area contributed by atoms with Gasteiger partial charge < -0.3 is 5.73 Å². The Morgan fingerprint density at radius 3 is 2.50 bits per heavy atom. The molecule has 12 heavy (non-hydrogen) atoms. The second kappa shape index (κ2) is 2.65. The summed E-state index contributed by atoms with van der Waals surface area (Å²) in [7, 11) is 0. The van der Waals surface area contributed by atoms with Crippen molar-refractivity contribution in [2.45, 2.75) is 0 Å². The Morgan fingerprint density at radius 1 is 1.17 bits per heavy atom. The lowest BCUT2D eigenvalue weighted by Gasteiger charge is -2.01. The largest absolute Gasteiger partial charge is 0.385 e. The molecular formula is C8H8N4. The van der Waals surface area contributed by atoms with Crippen LogP contribution in [0.25, 0.3) is 5.95 Å². The lowest BCUT2D eigenvalue weighted by Crippen LogP contribution is -2.02. The zero-order valence-corrected chi connectivity index (χ0v) is 6.38. The third kappa shape index (κ3) is 1.03. The van der Waals surface area contributed by atoms with Crippen molar-refractivity contribution in [3.63, 3.8) is 0 Å². The lowest BCUT2D eigenvalue weighted by molar-refractivity contribution is 0.944. The minimum atomic E-state index is 0.597. The van der Waals surface area contributed by atoms with E-state index in [4.69, 9.17) is 5.73 Å². The second-order valence-corrected chi connectivity index (χ2v) is 2.35. The maximum atomic E-state index is 5.66. The lowest BCUT2D eigenvalue weighted by atomic mass is 10.6. The molecule has 0 unspecified atom stereocenters. The van der Waals surface area contributed by atoms with E-state index >= 15 is 0 Å². The van der Waals surface area contributed by atoms with E-state index in [1.807, 2.05) is 12.3 Å². The van der Waals surface area contributed by atoms with Crippen LogP contribution in [0.3, 0.4) is 0 Å². The fraction of sp³-hybridized carbons (Fsp3) is 0. The summed E-state index contributed by atoms with van der Waals surface area (Å²) in [6.45, 7) is 0. The molecule has 4 nitrogen and oxygen atoms in total. The van der Waals surface area contributed by atoms with E-state index in [1.165, 1.54) is 0 Å². The minimum Gasteiger partial charge on any atom is -0.385 e. The summed E-state index contributed by atoms with van der Waals surface area (Å²) in [5, 5.41) is 0. The first-order valence-electron chi connectivity index (χ1n) is 3.58. The average Bonchev–Trinajstić information content (AvgIpc) is 2.53. The first-order valence-corrected chi connectivity index (χ1v) is 3.58. The molecule has 2 aromatic heterocycles. The molecule has 0 aliphatic heterocycles. The number of nitrogens with two attached hydrogens (primary N) is 1. The van der Waals surface area contributed by atoms with Crippen molar-refractivity contribution in [3.05, 3.63) is 36.8 Å². The van der Waals surface area contributed by atoms with Crippen molar-refractivity contribution in [1.82, 2.24) is 14.5 Å². The number of aromatic nitrogens is 3. The summed E-state index contributed by atoms with van der Waals surface area (Å²) in [4.78, 5) is 8.11. The van der Waals surface area contributed by atoms with Gasteiger partial charge in [-0.1, -0.05) is 0 Å². The number of hydrogen-bond acceptors (Lipinski definition) is 3. The van der Waals surface area contributed by atoms with E-state index in [0.29, 0.717) is 11.8 Å². The predicted molar refractivity (Wildman–Crippen MR) is 45.8 cm³/mol. The van der Waals surface area contributed by atoms with Crippen molar-refractivity contribution in [1.29, 1.82) is 0 Å². The Labute approximate surface area is 69.7 Å². The first-order chi connectivity index (χ1) is 5.88. The van der Waals surface area contributed by atoms with Gasteiger partial charge in [0, 0.05) is 18.6 Å². The second-order valence-electron chi connectivity index (χ2n) is 2.35. The summed E-state index contributed by atoms with van der Waals surface area (Å²) < 4.78 is 1.72. The van der Waals surface area contributed by atoms with Crippen LogP contribution in [-0.4, -0.2) is 14.5 Å². The Hall–Kier alpha value is -1.84. The summed E-state index contributed by atoms with van der Waals surface area (Å²) in [5.74, 6) is 1.24. The van der Waals surface area contributed by atoms with Crippen LogP contribution >= 0.6 is 0 Å². The molecule has 0 aliphatic rings. The van der Waals surface area contributed by atoms with Gasteiger partial charge in [-0.25, -0.2) is 9.97 Å². The Morgan fingerprint density at radius 2 is 1.92 bits per heavy atom. The SMILES string of the molecule is Nc1cccn1-c1ncccn1. The van der Waals surface area contributed by atoms with Gasteiger partial charge >= 0.3 is 0 Å². The van der Waals surface area contributed by atoms with E-state index in [9.17, 15) is 0 Å². The van der Waals surface area contributed by atoms with Crippen LogP contribution in [0.1, 0.15) is 0 Å². The van der Waals surface area contributed by atoms with E-state index in [2.05, 4.69) is 9.97 Å². The predicted octanol–water partition coefficient (Wildman–Crippen LogP) is 0.849. The number of anilines is 1. The highest BCUT2D eigenvalue weighted by Crippen LogP contribution is 2.07. The zero-order chi connectivity index (χ0) is 8.39. The van der Waals surface area contributed by atoms with Gasteiger partial charge in [-0.15, -0.1) is 0 Å². The molecule has 0 saturated carbocycles. The van der Waals surface area contributed by atoms with Crippen LogP contribution in [0.5, 0.6) is 0 Å².